The minimum atomic E-state index is -0.371. The molecule has 2 fully saturated rings. The molecule has 2 atom stereocenters. The highest BCUT2D eigenvalue weighted by Gasteiger charge is 2.28. The first kappa shape index (κ1) is 12.9. The molecule has 3 heteroatoms. The van der Waals surface area contributed by atoms with Gasteiger partial charge in [0.2, 0.25) is 0 Å². The average Bonchev–Trinajstić information content (AvgIpc) is 2.47. The fourth-order valence-electron chi connectivity index (χ4n) is 3.35. The van der Waals surface area contributed by atoms with Crippen molar-refractivity contribution in [1.82, 2.24) is 4.90 Å². The quantitative estimate of drug-likeness (QED) is 0.884. The molecule has 104 valence electrons. The van der Waals surface area contributed by atoms with E-state index in [0.717, 1.165) is 24.7 Å². The third-order valence-corrected chi connectivity index (χ3v) is 4.58. The summed E-state index contributed by atoms with van der Waals surface area (Å²) in [5.41, 5.74) is 2.30. The van der Waals surface area contributed by atoms with Gasteiger partial charge in [-0.3, -0.25) is 4.90 Å². The fourth-order valence-corrected chi connectivity index (χ4v) is 3.35. The van der Waals surface area contributed by atoms with E-state index in [1.807, 2.05) is 19.1 Å². The first-order valence-electron chi connectivity index (χ1n) is 7.51. The van der Waals surface area contributed by atoms with E-state index in [-0.39, 0.29) is 6.10 Å². The lowest BCUT2D eigenvalue weighted by Gasteiger charge is -2.45. The van der Waals surface area contributed by atoms with E-state index >= 15 is 0 Å². The second-order valence-electron chi connectivity index (χ2n) is 5.90. The van der Waals surface area contributed by atoms with Gasteiger partial charge in [0.1, 0.15) is 0 Å². The summed E-state index contributed by atoms with van der Waals surface area (Å²) in [5, 5.41) is 9.56. The molecule has 2 saturated heterocycles. The summed E-state index contributed by atoms with van der Waals surface area (Å²) in [6.07, 6.45) is 3.74. The summed E-state index contributed by atoms with van der Waals surface area (Å²) in [7, 11) is 0. The molecule has 1 N–H and O–H groups in total. The Hall–Kier alpha value is -1.06. The van der Waals surface area contributed by atoms with Crippen LogP contribution >= 0.6 is 0 Å². The van der Waals surface area contributed by atoms with Crippen molar-refractivity contribution >= 4 is 5.69 Å². The van der Waals surface area contributed by atoms with E-state index in [1.165, 1.54) is 38.0 Å². The molecule has 19 heavy (non-hydrogen) atoms. The molecule has 0 amide bonds. The van der Waals surface area contributed by atoms with Crippen molar-refractivity contribution in [2.24, 2.45) is 0 Å². The van der Waals surface area contributed by atoms with E-state index in [2.05, 4.69) is 21.9 Å². The highest BCUT2D eigenvalue weighted by atomic mass is 16.3. The van der Waals surface area contributed by atoms with E-state index in [1.54, 1.807) is 0 Å². The van der Waals surface area contributed by atoms with Crippen molar-refractivity contribution in [2.75, 3.05) is 31.1 Å². The Morgan fingerprint density at radius 1 is 1.11 bits per heavy atom. The van der Waals surface area contributed by atoms with Gasteiger partial charge in [0.15, 0.2) is 0 Å². The Balaban J connectivity index is 1.69. The molecule has 0 aromatic heterocycles. The summed E-state index contributed by atoms with van der Waals surface area (Å²) in [6.45, 7) is 6.59. The Morgan fingerprint density at radius 3 is 2.63 bits per heavy atom. The van der Waals surface area contributed by atoms with Crippen LogP contribution in [-0.4, -0.2) is 42.2 Å². The lowest BCUT2D eigenvalue weighted by Crippen LogP contribution is -2.54. The molecule has 1 aromatic rings. The lowest BCUT2D eigenvalue weighted by atomic mass is 9.99. The minimum Gasteiger partial charge on any atom is -0.389 e. The lowest BCUT2D eigenvalue weighted by molar-refractivity contribution is 0.133. The van der Waals surface area contributed by atoms with Crippen molar-refractivity contribution in [2.45, 2.75) is 38.3 Å². The molecule has 0 saturated carbocycles. The van der Waals surface area contributed by atoms with Crippen LogP contribution in [0.1, 0.15) is 37.9 Å². The topological polar surface area (TPSA) is 26.7 Å². The summed E-state index contributed by atoms with van der Waals surface area (Å²) in [4.78, 5) is 5.16. The Kier molecular flexibility index (Phi) is 3.76. The van der Waals surface area contributed by atoms with Gasteiger partial charge in [-0.1, -0.05) is 18.6 Å². The number of aliphatic hydroxyl groups excluding tert-OH is 1. The van der Waals surface area contributed by atoms with Crippen LogP contribution in [-0.2, 0) is 0 Å². The number of rotatable bonds is 2. The van der Waals surface area contributed by atoms with Crippen LogP contribution in [0.2, 0.25) is 0 Å². The van der Waals surface area contributed by atoms with Gasteiger partial charge >= 0.3 is 0 Å². The van der Waals surface area contributed by atoms with E-state index in [4.69, 9.17) is 0 Å². The number of hydrogen-bond donors (Lipinski definition) is 1. The maximum atomic E-state index is 9.56. The summed E-state index contributed by atoms with van der Waals surface area (Å²) in [5.74, 6) is 0. The van der Waals surface area contributed by atoms with Crippen molar-refractivity contribution in [3.8, 4) is 0 Å². The van der Waals surface area contributed by atoms with Gasteiger partial charge in [-0.2, -0.15) is 0 Å². The third-order valence-electron chi connectivity index (χ3n) is 4.58. The smallest absolute Gasteiger partial charge is 0.0761 e. The van der Waals surface area contributed by atoms with Gasteiger partial charge in [0, 0.05) is 31.4 Å². The number of hydrogen-bond acceptors (Lipinski definition) is 3. The zero-order valence-electron chi connectivity index (χ0n) is 11.8. The van der Waals surface area contributed by atoms with Crippen LogP contribution in [0.15, 0.2) is 24.3 Å². The van der Waals surface area contributed by atoms with Crippen LogP contribution in [0, 0.1) is 0 Å². The second-order valence-corrected chi connectivity index (χ2v) is 5.90. The summed E-state index contributed by atoms with van der Waals surface area (Å²) in [6, 6.07) is 9.15. The third kappa shape index (κ3) is 2.77. The number of fused-ring (bicyclic) bond motifs is 1. The monoisotopic (exact) mass is 260 g/mol. The number of anilines is 1. The highest BCUT2D eigenvalue weighted by molar-refractivity contribution is 5.48. The molecule has 0 radical (unpaired) electrons. The first-order chi connectivity index (χ1) is 9.24. The molecule has 3 nitrogen and oxygen atoms in total. The van der Waals surface area contributed by atoms with Gasteiger partial charge in [-0.15, -0.1) is 0 Å². The predicted octanol–water partition coefficient (Wildman–Crippen LogP) is 2.41. The van der Waals surface area contributed by atoms with Crippen LogP contribution in [0.4, 0.5) is 5.69 Å². The number of piperazine rings is 1. The predicted molar refractivity (Wildman–Crippen MR) is 78.5 cm³/mol. The van der Waals surface area contributed by atoms with Crippen LogP contribution in [0.25, 0.3) is 0 Å². The first-order valence-corrected chi connectivity index (χ1v) is 7.51. The van der Waals surface area contributed by atoms with Crippen molar-refractivity contribution in [3.05, 3.63) is 29.8 Å². The molecule has 3 rings (SSSR count). The normalized spacial score (nSPS) is 26.0. The minimum absolute atomic E-state index is 0.371. The highest BCUT2D eigenvalue weighted by Crippen LogP contribution is 2.25. The number of piperidine rings is 1. The number of aliphatic hydroxyl groups is 1. The zero-order chi connectivity index (χ0) is 13.2. The zero-order valence-corrected chi connectivity index (χ0v) is 11.8. The molecular weight excluding hydrogens is 236 g/mol. The maximum absolute atomic E-state index is 9.56. The van der Waals surface area contributed by atoms with E-state index in [0.29, 0.717) is 0 Å². The SMILES string of the molecule is C[C@@H](O)c1ccc(N2CCN3CCCCC3C2)cc1. The Morgan fingerprint density at radius 2 is 1.89 bits per heavy atom. The molecule has 2 heterocycles. The van der Waals surface area contributed by atoms with Gasteiger partial charge in [0.25, 0.3) is 0 Å². The average molecular weight is 260 g/mol. The van der Waals surface area contributed by atoms with E-state index < -0.39 is 0 Å². The van der Waals surface area contributed by atoms with Gasteiger partial charge in [0.05, 0.1) is 6.10 Å². The molecule has 2 aliphatic heterocycles. The van der Waals surface area contributed by atoms with Crippen LogP contribution in [0.3, 0.4) is 0 Å². The summed E-state index contributed by atoms with van der Waals surface area (Å²) < 4.78 is 0. The largest absolute Gasteiger partial charge is 0.389 e. The van der Waals surface area contributed by atoms with Crippen molar-refractivity contribution < 1.29 is 5.11 Å². The Labute approximate surface area is 115 Å². The van der Waals surface area contributed by atoms with Gasteiger partial charge in [-0.05, 0) is 44.0 Å². The van der Waals surface area contributed by atoms with Crippen molar-refractivity contribution in [3.63, 3.8) is 0 Å². The Bertz CT molecular complexity index is 415. The number of benzene rings is 1. The molecule has 1 aromatic carbocycles. The van der Waals surface area contributed by atoms with Crippen LogP contribution in [0.5, 0.6) is 0 Å². The fraction of sp³-hybridized carbons (Fsp3) is 0.625. The van der Waals surface area contributed by atoms with E-state index in [9.17, 15) is 5.11 Å². The van der Waals surface area contributed by atoms with Crippen LogP contribution < -0.4 is 4.90 Å². The number of nitrogens with zero attached hydrogens (tertiary/aromatic N) is 2. The molecule has 2 aliphatic rings. The molecule has 1 unspecified atom stereocenters. The molecule has 0 aliphatic carbocycles. The maximum Gasteiger partial charge on any atom is 0.0761 e. The van der Waals surface area contributed by atoms with Gasteiger partial charge in [-0.25, -0.2) is 0 Å². The molecular formula is C16H24N2O. The van der Waals surface area contributed by atoms with Gasteiger partial charge < -0.3 is 10.0 Å². The molecule has 0 spiro atoms. The standard InChI is InChI=1S/C16H24N2O/c1-13(19)14-5-7-15(8-6-14)18-11-10-17-9-3-2-4-16(17)12-18/h5-8,13,16,19H,2-4,9-12H2,1H3/t13-,16?/m1/s1. The molecule has 0 bridgehead atoms. The van der Waals surface area contributed by atoms with Crippen molar-refractivity contribution in [1.29, 1.82) is 0 Å². The second kappa shape index (κ2) is 5.51. The summed E-state index contributed by atoms with van der Waals surface area (Å²) >= 11 is 0.